The van der Waals surface area contributed by atoms with Crippen LogP contribution in [0.3, 0.4) is 0 Å². The Morgan fingerprint density at radius 2 is 1.37 bits per heavy atom. The summed E-state index contributed by atoms with van der Waals surface area (Å²) >= 11 is 5.70. The van der Waals surface area contributed by atoms with E-state index >= 15 is 0 Å². The Morgan fingerprint density at radius 1 is 0.829 bits per heavy atom. The first-order chi connectivity index (χ1) is 17.1. The molecule has 1 aromatic heterocycles. The summed E-state index contributed by atoms with van der Waals surface area (Å²) in [4.78, 5) is 14.5. The van der Waals surface area contributed by atoms with Gasteiger partial charge in [-0.2, -0.15) is 9.97 Å². The SMILES string of the molecule is Fc1ccc(C2(CNC(=S)Nc3nc(N4CCCCCC4)cc(N4CCCC4)n3)CCCC2)cc1. The number of rotatable bonds is 6. The summed E-state index contributed by atoms with van der Waals surface area (Å²) in [5.74, 6) is 2.35. The quantitative estimate of drug-likeness (QED) is 0.520. The highest BCUT2D eigenvalue weighted by molar-refractivity contribution is 7.80. The third-order valence-corrected chi connectivity index (χ3v) is 8.14. The van der Waals surface area contributed by atoms with E-state index in [2.05, 4.69) is 26.5 Å². The second-order valence-corrected chi connectivity index (χ2v) is 10.7. The molecule has 3 aliphatic rings. The number of hydrogen-bond donors (Lipinski definition) is 2. The predicted molar refractivity (Wildman–Crippen MR) is 145 cm³/mol. The van der Waals surface area contributed by atoms with Gasteiger partial charge in [0.15, 0.2) is 5.11 Å². The molecule has 188 valence electrons. The first-order valence-corrected chi connectivity index (χ1v) is 13.7. The van der Waals surface area contributed by atoms with Gasteiger partial charge in [-0.1, -0.05) is 37.8 Å². The molecule has 1 aromatic carbocycles. The minimum atomic E-state index is -0.192. The number of anilines is 3. The highest BCUT2D eigenvalue weighted by Gasteiger charge is 2.35. The van der Waals surface area contributed by atoms with Crippen LogP contribution in [0.2, 0.25) is 0 Å². The maximum absolute atomic E-state index is 13.5. The van der Waals surface area contributed by atoms with Gasteiger partial charge in [0.05, 0.1) is 0 Å². The van der Waals surface area contributed by atoms with Crippen molar-refractivity contribution in [3.63, 3.8) is 0 Å². The van der Waals surface area contributed by atoms with Crippen LogP contribution in [-0.4, -0.2) is 47.8 Å². The van der Waals surface area contributed by atoms with Gasteiger partial charge in [0, 0.05) is 44.2 Å². The number of thiocarbonyl (C=S) groups is 1. The molecule has 1 aliphatic carbocycles. The Morgan fingerprint density at radius 3 is 1.94 bits per heavy atom. The third-order valence-electron chi connectivity index (χ3n) is 7.89. The number of aromatic nitrogens is 2. The Labute approximate surface area is 213 Å². The van der Waals surface area contributed by atoms with Crippen LogP contribution < -0.4 is 20.4 Å². The molecule has 35 heavy (non-hydrogen) atoms. The Balaban J connectivity index is 1.30. The fourth-order valence-corrected chi connectivity index (χ4v) is 6.03. The summed E-state index contributed by atoms with van der Waals surface area (Å²) in [5.41, 5.74) is 1.16. The van der Waals surface area contributed by atoms with Crippen molar-refractivity contribution in [3.05, 3.63) is 41.7 Å². The standard InChI is InChI=1S/C27H37FN6S/c28-22-11-9-21(10-12-22)27(13-3-4-14-27)20-29-26(35)32-25-30-23(33-15-5-1-2-6-16-33)19-24(31-25)34-17-7-8-18-34/h9-12,19H,1-8,13-18,20H2,(H2,29,30,31,32,35). The number of nitrogens with one attached hydrogen (secondary N) is 2. The van der Waals surface area contributed by atoms with Crippen LogP contribution in [0.4, 0.5) is 22.0 Å². The van der Waals surface area contributed by atoms with Gasteiger partial charge >= 0.3 is 0 Å². The normalized spacial score (nSPS) is 20.0. The van der Waals surface area contributed by atoms with Crippen molar-refractivity contribution in [3.8, 4) is 0 Å². The molecule has 3 heterocycles. The average Bonchev–Trinajstić information content (AvgIpc) is 3.51. The molecule has 2 N–H and O–H groups in total. The van der Waals surface area contributed by atoms with Crippen molar-refractivity contribution in [1.82, 2.24) is 15.3 Å². The molecule has 3 fully saturated rings. The molecule has 2 saturated heterocycles. The molecule has 8 heteroatoms. The molecule has 0 spiro atoms. The van der Waals surface area contributed by atoms with E-state index < -0.39 is 0 Å². The van der Waals surface area contributed by atoms with Crippen LogP contribution in [0.15, 0.2) is 30.3 Å². The molecule has 0 atom stereocenters. The molecular formula is C27H37FN6S. The number of hydrogen-bond acceptors (Lipinski definition) is 5. The van der Waals surface area contributed by atoms with Crippen molar-refractivity contribution in [1.29, 1.82) is 0 Å². The summed E-state index contributed by atoms with van der Waals surface area (Å²) in [6.07, 6.45) is 11.9. The van der Waals surface area contributed by atoms with Crippen molar-refractivity contribution < 1.29 is 4.39 Å². The highest BCUT2D eigenvalue weighted by Crippen LogP contribution is 2.40. The third kappa shape index (κ3) is 5.85. The van der Waals surface area contributed by atoms with Crippen LogP contribution >= 0.6 is 12.2 Å². The number of benzene rings is 1. The zero-order valence-corrected chi connectivity index (χ0v) is 21.4. The van der Waals surface area contributed by atoms with Crippen LogP contribution in [0, 0.1) is 5.82 Å². The second kappa shape index (κ2) is 11.1. The van der Waals surface area contributed by atoms with Gasteiger partial charge < -0.3 is 20.4 Å². The molecule has 0 bridgehead atoms. The van der Waals surface area contributed by atoms with E-state index in [1.807, 2.05) is 12.1 Å². The Hall–Kier alpha value is -2.48. The molecule has 1 saturated carbocycles. The average molecular weight is 497 g/mol. The molecule has 0 radical (unpaired) electrons. The van der Waals surface area contributed by atoms with Gasteiger partial charge in [-0.05, 0) is 68.4 Å². The molecule has 5 rings (SSSR count). The summed E-state index contributed by atoms with van der Waals surface area (Å²) in [7, 11) is 0. The lowest BCUT2D eigenvalue weighted by molar-refractivity contribution is 0.434. The fraction of sp³-hybridized carbons (Fsp3) is 0.593. The summed E-state index contributed by atoms with van der Waals surface area (Å²) in [6.45, 7) is 4.88. The smallest absolute Gasteiger partial charge is 0.232 e. The Kier molecular flexibility index (Phi) is 7.66. The first-order valence-electron chi connectivity index (χ1n) is 13.3. The molecule has 2 aliphatic heterocycles. The molecule has 0 unspecified atom stereocenters. The minimum absolute atomic E-state index is 0.0189. The lowest BCUT2D eigenvalue weighted by Crippen LogP contribution is -2.41. The van der Waals surface area contributed by atoms with Crippen LogP contribution in [-0.2, 0) is 5.41 Å². The van der Waals surface area contributed by atoms with Gasteiger partial charge in [0.1, 0.15) is 17.5 Å². The van der Waals surface area contributed by atoms with Gasteiger partial charge in [-0.15, -0.1) is 0 Å². The van der Waals surface area contributed by atoms with E-state index in [0.29, 0.717) is 11.1 Å². The van der Waals surface area contributed by atoms with Crippen molar-refractivity contribution in [2.75, 3.05) is 47.8 Å². The second-order valence-electron chi connectivity index (χ2n) is 10.3. The van der Waals surface area contributed by atoms with Crippen LogP contribution in [0.25, 0.3) is 0 Å². The van der Waals surface area contributed by atoms with E-state index in [9.17, 15) is 4.39 Å². The van der Waals surface area contributed by atoms with E-state index in [0.717, 1.165) is 57.2 Å². The largest absolute Gasteiger partial charge is 0.361 e. The van der Waals surface area contributed by atoms with E-state index in [-0.39, 0.29) is 11.2 Å². The maximum Gasteiger partial charge on any atom is 0.232 e. The lowest BCUT2D eigenvalue weighted by atomic mass is 9.79. The van der Waals surface area contributed by atoms with Gasteiger partial charge in [0.25, 0.3) is 0 Å². The van der Waals surface area contributed by atoms with Crippen LogP contribution in [0.5, 0.6) is 0 Å². The van der Waals surface area contributed by atoms with E-state index in [1.165, 1.54) is 56.9 Å². The molecule has 2 aromatic rings. The number of nitrogens with zero attached hydrogens (tertiary/aromatic N) is 4. The van der Waals surface area contributed by atoms with Gasteiger partial charge in [-0.25, -0.2) is 4.39 Å². The van der Waals surface area contributed by atoms with Gasteiger partial charge in [0.2, 0.25) is 5.95 Å². The van der Waals surface area contributed by atoms with E-state index in [4.69, 9.17) is 22.2 Å². The summed E-state index contributed by atoms with van der Waals surface area (Å²) in [6, 6.07) is 9.13. The van der Waals surface area contributed by atoms with Crippen molar-refractivity contribution in [2.45, 2.75) is 69.6 Å². The first kappa shape index (κ1) is 24.2. The van der Waals surface area contributed by atoms with Gasteiger partial charge in [-0.3, -0.25) is 0 Å². The van der Waals surface area contributed by atoms with Crippen molar-refractivity contribution in [2.24, 2.45) is 0 Å². The maximum atomic E-state index is 13.5. The summed E-state index contributed by atoms with van der Waals surface area (Å²) < 4.78 is 13.5. The fourth-order valence-electron chi connectivity index (χ4n) is 5.87. The lowest BCUT2D eigenvalue weighted by Gasteiger charge is -2.30. The van der Waals surface area contributed by atoms with E-state index in [1.54, 1.807) is 12.1 Å². The minimum Gasteiger partial charge on any atom is -0.361 e. The zero-order valence-electron chi connectivity index (χ0n) is 20.6. The molecule has 6 nitrogen and oxygen atoms in total. The zero-order chi connectivity index (χ0) is 24.1. The highest BCUT2D eigenvalue weighted by atomic mass is 32.1. The monoisotopic (exact) mass is 496 g/mol. The topological polar surface area (TPSA) is 56.3 Å². The Bertz CT molecular complexity index is 993. The van der Waals surface area contributed by atoms with Crippen LogP contribution in [0.1, 0.15) is 69.8 Å². The summed E-state index contributed by atoms with van der Waals surface area (Å²) in [5, 5.41) is 7.27. The number of halogens is 1. The predicted octanol–water partition coefficient (Wildman–Crippen LogP) is 5.39. The van der Waals surface area contributed by atoms with Crippen molar-refractivity contribution >= 4 is 34.9 Å². The molecule has 0 amide bonds. The molecular weight excluding hydrogens is 459 g/mol.